The lowest BCUT2D eigenvalue weighted by molar-refractivity contribution is -0.132. The number of aliphatic hydroxyl groups is 1. The van der Waals surface area contributed by atoms with E-state index in [0.29, 0.717) is 6.54 Å². The summed E-state index contributed by atoms with van der Waals surface area (Å²) >= 11 is 0. The lowest BCUT2D eigenvalue weighted by atomic mass is 9.95. The predicted octanol–water partition coefficient (Wildman–Crippen LogP) is 2.18. The molecule has 2 aliphatic rings. The Labute approximate surface area is 120 Å². The highest BCUT2D eigenvalue weighted by Crippen LogP contribution is 2.32. The number of aliphatic hydroxyl groups excluding tert-OH is 1. The van der Waals surface area contributed by atoms with Gasteiger partial charge in [0.1, 0.15) is 6.54 Å². The Kier molecular flexibility index (Phi) is 3.83. The van der Waals surface area contributed by atoms with Crippen molar-refractivity contribution >= 4 is 5.91 Å². The third kappa shape index (κ3) is 2.49. The first-order valence-corrected chi connectivity index (χ1v) is 7.81. The van der Waals surface area contributed by atoms with Crippen LogP contribution in [0.5, 0.6) is 0 Å². The van der Waals surface area contributed by atoms with E-state index in [0.717, 1.165) is 56.5 Å². The van der Waals surface area contributed by atoms with Gasteiger partial charge in [0.05, 0.1) is 6.10 Å². The highest BCUT2D eigenvalue weighted by Gasteiger charge is 2.25. The van der Waals surface area contributed by atoms with Crippen LogP contribution >= 0.6 is 0 Å². The van der Waals surface area contributed by atoms with E-state index in [9.17, 15) is 9.90 Å². The SMILES string of the molecule is Cc1cc2c(n1CC(=O)N1CCCCC1)CCCC2O. The first-order valence-electron chi connectivity index (χ1n) is 7.81. The number of hydrogen-bond donors (Lipinski definition) is 1. The van der Waals surface area contributed by atoms with Gasteiger partial charge in [-0.15, -0.1) is 0 Å². The molecule has 4 nitrogen and oxygen atoms in total. The summed E-state index contributed by atoms with van der Waals surface area (Å²) < 4.78 is 2.12. The molecule has 0 radical (unpaired) electrons. The average Bonchev–Trinajstić information content (AvgIpc) is 2.78. The highest BCUT2D eigenvalue weighted by molar-refractivity contribution is 5.76. The number of hydrogen-bond acceptors (Lipinski definition) is 2. The zero-order valence-electron chi connectivity index (χ0n) is 12.3. The first-order chi connectivity index (χ1) is 9.66. The molecule has 3 rings (SSSR count). The van der Waals surface area contributed by atoms with E-state index in [1.165, 1.54) is 12.1 Å². The molecular weight excluding hydrogens is 252 g/mol. The summed E-state index contributed by atoms with van der Waals surface area (Å²) in [6.07, 6.45) is 6.00. The van der Waals surface area contributed by atoms with Gasteiger partial charge in [0.2, 0.25) is 5.91 Å². The number of piperidine rings is 1. The Morgan fingerprint density at radius 2 is 2.05 bits per heavy atom. The molecule has 2 heterocycles. The van der Waals surface area contributed by atoms with Crippen LogP contribution in [-0.4, -0.2) is 33.6 Å². The molecule has 4 heteroatoms. The van der Waals surface area contributed by atoms with Crippen LogP contribution in [0.1, 0.15) is 55.2 Å². The molecule has 0 saturated carbocycles. The molecule has 0 spiro atoms. The molecule has 110 valence electrons. The number of amides is 1. The van der Waals surface area contributed by atoms with Crippen molar-refractivity contribution in [2.45, 2.75) is 58.1 Å². The molecule has 1 aromatic heterocycles. The number of fused-ring (bicyclic) bond motifs is 1. The number of likely N-dealkylation sites (tertiary alicyclic amines) is 1. The van der Waals surface area contributed by atoms with Crippen molar-refractivity contribution in [3.8, 4) is 0 Å². The average molecular weight is 276 g/mol. The smallest absolute Gasteiger partial charge is 0.242 e. The highest BCUT2D eigenvalue weighted by atomic mass is 16.3. The molecule has 1 saturated heterocycles. The van der Waals surface area contributed by atoms with Gasteiger partial charge in [0.25, 0.3) is 0 Å². The Bertz CT molecular complexity index is 501. The topological polar surface area (TPSA) is 45.5 Å². The van der Waals surface area contributed by atoms with Crippen LogP contribution in [0.15, 0.2) is 6.07 Å². The van der Waals surface area contributed by atoms with Gasteiger partial charge in [-0.2, -0.15) is 0 Å². The normalized spacial score (nSPS) is 22.7. The van der Waals surface area contributed by atoms with Crippen molar-refractivity contribution in [1.82, 2.24) is 9.47 Å². The standard InChI is InChI=1S/C16H24N2O2/c1-12-10-13-14(6-5-7-15(13)19)18(12)11-16(20)17-8-3-2-4-9-17/h10,15,19H,2-9,11H2,1H3. The van der Waals surface area contributed by atoms with Crippen molar-refractivity contribution in [2.24, 2.45) is 0 Å². The van der Waals surface area contributed by atoms with Crippen molar-refractivity contribution in [3.05, 3.63) is 23.0 Å². The largest absolute Gasteiger partial charge is 0.388 e. The van der Waals surface area contributed by atoms with Gasteiger partial charge in [-0.3, -0.25) is 4.79 Å². The second-order valence-electron chi connectivity index (χ2n) is 6.12. The molecule has 1 amide bonds. The van der Waals surface area contributed by atoms with Crippen LogP contribution in [0.25, 0.3) is 0 Å². The Balaban J connectivity index is 1.78. The van der Waals surface area contributed by atoms with Crippen LogP contribution in [0, 0.1) is 6.92 Å². The van der Waals surface area contributed by atoms with Crippen molar-refractivity contribution in [1.29, 1.82) is 0 Å². The summed E-state index contributed by atoms with van der Waals surface area (Å²) in [5.74, 6) is 0.228. The second-order valence-corrected chi connectivity index (χ2v) is 6.12. The first kappa shape index (κ1) is 13.7. The lowest BCUT2D eigenvalue weighted by Gasteiger charge is -2.28. The van der Waals surface area contributed by atoms with E-state index in [-0.39, 0.29) is 12.0 Å². The van der Waals surface area contributed by atoms with Gasteiger partial charge < -0.3 is 14.6 Å². The lowest BCUT2D eigenvalue weighted by Crippen LogP contribution is -2.38. The van der Waals surface area contributed by atoms with E-state index < -0.39 is 0 Å². The molecule has 1 N–H and O–H groups in total. The molecule has 1 aromatic rings. The maximum Gasteiger partial charge on any atom is 0.242 e. The quantitative estimate of drug-likeness (QED) is 0.900. The third-order valence-corrected chi connectivity index (χ3v) is 4.70. The number of carbonyl (C=O) groups excluding carboxylic acids is 1. The maximum atomic E-state index is 12.4. The van der Waals surface area contributed by atoms with Gasteiger partial charge in [-0.05, 0) is 51.5 Å². The maximum absolute atomic E-state index is 12.4. The van der Waals surface area contributed by atoms with Gasteiger partial charge in [0, 0.05) is 30.0 Å². The van der Waals surface area contributed by atoms with E-state index >= 15 is 0 Å². The van der Waals surface area contributed by atoms with Crippen LogP contribution in [0.2, 0.25) is 0 Å². The zero-order chi connectivity index (χ0) is 14.1. The predicted molar refractivity (Wildman–Crippen MR) is 77.5 cm³/mol. The fourth-order valence-electron chi connectivity index (χ4n) is 3.54. The minimum atomic E-state index is -0.344. The monoisotopic (exact) mass is 276 g/mol. The molecule has 0 aromatic carbocycles. The Morgan fingerprint density at radius 3 is 2.80 bits per heavy atom. The van der Waals surface area contributed by atoms with Crippen LogP contribution in [0.3, 0.4) is 0 Å². The van der Waals surface area contributed by atoms with Gasteiger partial charge in [-0.1, -0.05) is 0 Å². The minimum absolute atomic E-state index is 0.228. The summed E-state index contributed by atoms with van der Waals surface area (Å²) in [6.45, 7) is 4.29. The summed E-state index contributed by atoms with van der Waals surface area (Å²) in [5, 5.41) is 10.1. The summed E-state index contributed by atoms with van der Waals surface area (Å²) in [5.41, 5.74) is 3.31. The van der Waals surface area contributed by atoms with Crippen molar-refractivity contribution in [3.63, 3.8) is 0 Å². The van der Waals surface area contributed by atoms with E-state index in [1.54, 1.807) is 0 Å². The molecular formula is C16H24N2O2. The van der Waals surface area contributed by atoms with Gasteiger partial charge in [-0.25, -0.2) is 0 Å². The summed E-state index contributed by atoms with van der Waals surface area (Å²) in [6, 6.07) is 2.06. The summed E-state index contributed by atoms with van der Waals surface area (Å²) in [4.78, 5) is 14.4. The van der Waals surface area contributed by atoms with Gasteiger partial charge in [0.15, 0.2) is 0 Å². The fourth-order valence-corrected chi connectivity index (χ4v) is 3.54. The molecule has 0 bridgehead atoms. The van der Waals surface area contributed by atoms with Crippen molar-refractivity contribution < 1.29 is 9.90 Å². The van der Waals surface area contributed by atoms with Crippen LogP contribution < -0.4 is 0 Å². The molecule has 1 atom stereocenters. The third-order valence-electron chi connectivity index (χ3n) is 4.70. The van der Waals surface area contributed by atoms with Crippen molar-refractivity contribution in [2.75, 3.05) is 13.1 Å². The van der Waals surface area contributed by atoms with Gasteiger partial charge >= 0.3 is 0 Å². The zero-order valence-corrected chi connectivity index (χ0v) is 12.3. The Morgan fingerprint density at radius 1 is 1.30 bits per heavy atom. The second kappa shape index (κ2) is 5.60. The van der Waals surface area contributed by atoms with Crippen LogP contribution in [0.4, 0.5) is 0 Å². The van der Waals surface area contributed by atoms with E-state index in [1.807, 2.05) is 11.8 Å². The summed E-state index contributed by atoms with van der Waals surface area (Å²) in [7, 11) is 0. The molecule has 20 heavy (non-hydrogen) atoms. The Hall–Kier alpha value is -1.29. The molecule has 1 aliphatic heterocycles. The van der Waals surface area contributed by atoms with Crippen LogP contribution in [-0.2, 0) is 17.8 Å². The molecule has 1 fully saturated rings. The number of aromatic nitrogens is 1. The molecule has 1 unspecified atom stereocenters. The van der Waals surface area contributed by atoms with E-state index in [4.69, 9.17) is 0 Å². The van der Waals surface area contributed by atoms with E-state index in [2.05, 4.69) is 10.6 Å². The number of rotatable bonds is 2. The molecule has 1 aliphatic carbocycles. The number of nitrogens with zero attached hydrogens (tertiary/aromatic N) is 2. The minimum Gasteiger partial charge on any atom is -0.388 e. The fraction of sp³-hybridized carbons (Fsp3) is 0.688. The number of carbonyl (C=O) groups is 1. The number of aryl methyl sites for hydroxylation is 1.